The van der Waals surface area contributed by atoms with E-state index in [2.05, 4.69) is 20.7 Å². The second-order valence-electron chi connectivity index (χ2n) is 16.3. The van der Waals surface area contributed by atoms with Crippen molar-refractivity contribution in [1.29, 1.82) is 0 Å². The molecule has 0 aromatic heterocycles. The van der Waals surface area contributed by atoms with Gasteiger partial charge in [0.2, 0.25) is 27.6 Å². The summed E-state index contributed by atoms with van der Waals surface area (Å²) in [6.07, 6.45) is 11.5. The third-order valence-corrected chi connectivity index (χ3v) is 13.3. The molecule has 0 saturated heterocycles. The predicted molar refractivity (Wildman–Crippen MR) is 236 cm³/mol. The summed E-state index contributed by atoms with van der Waals surface area (Å²) < 4.78 is 27.6. The molecule has 1 unspecified atom stereocenters. The number of benzene rings is 3. The standard InChI is InChI=1S/C47H62N6O8S/c48-29-17-16-28-40(44(56)52-41(33-34-19-7-5-8-20-34)42(54)45(57)49-30-31-50-62(60,61)36-23-9-6-10-24-36)51-43(55)37(35-21-12-13-22-35)25-11-3-1-2-4-18-32-53-46(58)38-26-14-15-27-39(38)47(53)59/h5-10,14-15,19-20,23-24,26-27,35,37,40-41,50H,1-4,11-13,16-18,21-22,25,28-33,48H2,(H,49,57)(H,51,55)(H,52,56)/t37?,40-,41-/m0/s1. The van der Waals surface area contributed by atoms with Crippen LogP contribution in [0.1, 0.15) is 116 Å². The van der Waals surface area contributed by atoms with Crippen molar-refractivity contribution in [2.75, 3.05) is 26.2 Å². The number of Topliss-reactive ketones (excluding diaryl/α,β-unsaturated/α-hetero) is 1. The van der Waals surface area contributed by atoms with Crippen molar-refractivity contribution in [3.05, 3.63) is 102 Å². The molecule has 334 valence electrons. The number of imide groups is 1. The fourth-order valence-electron chi connectivity index (χ4n) is 8.39. The number of hydrogen-bond donors (Lipinski definition) is 5. The lowest BCUT2D eigenvalue weighted by atomic mass is 9.85. The molecule has 2 aliphatic rings. The van der Waals surface area contributed by atoms with Gasteiger partial charge in [-0.05, 0) is 87.2 Å². The third-order valence-electron chi connectivity index (χ3n) is 11.8. The lowest BCUT2D eigenvalue weighted by Crippen LogP contribution is -2.55. The second kappa shape index (κ2) is 24.4. The van der Waals surface area contributed by atoms with Gasteiger partial charge in [0.1, 0.15) is 12.1 Å². The molecule has 5 rings (SSSR count). The predicted octanol–water partition coefficient (Wildman–Crippen LogP) is 4.82. The average molecular weight is 871 g/mol. The minimum Gasteiger partial charge on any atom is -0.348 e. The number of carbonyl (C=O) groups excluding carboxylic acids is 6. The second-order valence-corrected chi connectivity index (χ2v) is 18.1. The SMILES string of the molecule is NCCCC[C@H](NC(=O)C(CCCCCCCCN1C(=O)c2ccccc2C1=O)C1CCCC1)C(=O)N[C@@H](Cc1ccccc1)C(=O)C(=O)NCCNS(=O)(=O)c1ccccc1. The molecule has 62 heavy (non-hydrogen) atoms. The summed E-state index contributed by atoms with van der Waals surface area (Å²) in [5.41, 5.74) is 7.42. The van der Waals surface area contributed by atoms with Crippen LogP contribution in [0.2, 0.25) is 0 Å². The Hall–Kier alpha value is -5.25. The van der Waals surface area contributed by atoms with E-state index in [4.69, 9.17) is 5.73 Å². The molecular formula is C47H62N6O8S. The lowest BCUT2D eigenvalue weighted by Gasteiger charge is -2.27. The zero-order chi connectivity index (χ0) is 44.3. The zero-order valence-electron chi connectivity index (χ0n) is 35.5. The Labute approximate surface area is 365 Å². The van der Waals surface area contributed by atoms with Gasteiger partial charge in [0.05, 0.1) is 16.0 Å². The number of ketones is 1. The summed E-state index contributed by atoms with van der Waals surface area (Å²) in [7, 11) is -3.82. The van der Waals surface area contributed by atoms with E-state index in [1.165, 1.54) is 17.0 Å². The molecule has 6 N–H and O–H groups in total. The summed E-state index contributed by atoms with van der Waals surface area (Å²) in [5, 5.41) is 8.30. The molecule has 0 bridgehead atoms. The van der Waals surface area contributed by atoms with Gasteiger partial charge in [0.25, 0.3) is 17.7 Å². The quantitative estimate of drug-likeness (QED) is 0.0403. The van der Waals surface area contributed by atoms with Gasteiger partial charge >= 0.3 is 0 Å². The van der Waals surface area contributed by atoms with Crippen molar-refractivity contribution < 1.29 is 37.2 Å². The number of unbranched alkanes of at least 4 members (excludes halogenated alkanes) is 6. The number of nitrogens with one attached hydrogen (secondary N) is 4. The summed E-state index contributed by atoms with van der Waals surface area (Å²) in [6.45, 7) is 0.477. The van der Waals surface area contributed by atoms with E-state index >= 15 is 0 Å². The van der Waals surface area contributed by atoms with Crippen LogP contribution in [0.4, 0.5) is 0 Å². The molecule has 1 heterocycles. The average Bonchev–Trinajstić information content (AvgIpc) is 3.90. The first-order chi connectivity index (χ1) is 30.0. The highest BCUT2D eigenvalue weighted by Crippen LogP contribution is 2.35. The van der Waals surface area contributed by atoms with Gasteiger partial charge < -0.3 is 21.7 Å². The van der Waals surface area contributed by atoms with Crippen molar-refractivity contribution >= 4 is 45.3 Å². The van der Waals surface area contributed by atoms with Crippen LogP contribution in [-0.2, 0) is 35.6 Å². The Morgan fingerprint density at radius 1 is 0.661 bits per heavy atom. The highest BCUT2D eigenvalue weighted by Gasteiger charge is 2.36. The van der Waals surface area contributed by atoms with Gasteiger partial charge in [-0.2, -0.15) is 0 Å². The Balaban J connectivity index is 1.14. The number of nitrogens with zero attached hydrogens (tertiary/aromatic N) is 1. The maximum atomic E-state index is 14.1. The Bertz CT molecular complexity index is 2040. The van der Waals surface area contributed by atoms with Crippen LogP contribution < -0.4 is 26.4 Å². The summed E-state index contributed by atoms with van der Waals surface area (Å²) in [6, 6.07) is 21.4. The van der Waals surface area contributed by atoms with Gasteiger partial charge in [-0.1, -0.05) is 106 Å². The van der Waals surface area contributed by atoms with Crippen molar-refractivity contribution in [3.63, 3.8) is 0 Å². The largest absolute Gasteiger partial charge is 0.348 e. The monoisotopic (exact) mass is 870 g/mol. The summed E-state index contributed by atoms with van der Waals surface area (Å²) in [4.78, 5) is 81.7. The van der Waals surface area contributed by atoms with Crippen LogP contribution in [0.5, 0.6) is 0 Å². The van der Waals surface area contributed by atoms with E-state index in [0.717, 1.165) is 64.2 Å². The Morgan fingerprint density at radius 3 is 1.87 bits per heavy atom. The molecule has 14 nitrogen and oxygen atoms in total. The van der Waals surface area contributed by atoms with Crippen molar-refractivity contribution in [3.8, 4) is 0 Å². The highest BCUT2D eigenvalue weighted by molar-refractivity contribution is 7.89. The zero-order valence-corrected chi connectivity index (χ0v) is 36.3. The fraction of sp³-hybridized carbons (Fsp3) is 0.489. The van der Waals surface area contributed by atoms with Crippen molar-refractivity contribution in [1.82, 2.24) is 25.6 Å². The molecule has 15 heteroatoms. The first-order valence-electron chi connectivity index (χ1n) is 22.2. The summed E-state index contributed by atoms with van der Waals surface area (Å²) >= 11 is 0. The Kier molecular flexibility index (Phi) is 18.8. The smallest absolute Gasteiger partial charge is 0.289 e. The number of fused-ring (bicyclic) bond motifs is 1. The van der Waals surface area contributed by atoms with E-state index in [9.17, 15) is 37.2 Å². The molecule has 3 aromatic rings. The number of sulfonamides is 1. The number of amides is 5. The first kappa shape index (κ1) is 47.8. The fourth-order valence-corrected chi connectivity index (χ4v) is 9.44. The molecule has 1 aliphatic carbocycles. The molecule has 0 radical (unpaired) electrons. The molecular weight excluding hydrogens is 809 g/mol. The van der Waals surface area contributed by atoms with Crippen LogP contribution in [0.15, 0.2) is 89.8 Å². The molecule has 1 aliphatic heterocycles. The number of nitrogens with two attached hydrogens (primary N) is 1. The van der Waals surface area contributed by atoms with E-state index < -0.39 is 39.7 Å². The Morgan fingerprint density at radius 2 is 1.23 bits per heavy atom. The lowest BCUT2D eigenvalue weighted by molar-refractivity contribution is -0.140. The maximum absolute atomic E-state index is 14.1. The minimum atomic E-state index is -3.82. The van der Waals surface area contributed by atoms with Gasteiger partial charge in [0, 0.05) is 32.0 Å². The molecule has 3 atom stereocenters. The number of hydrogen-bond acceptors (Lipinski definition) is 9. The maximum Gasteiger partial charge on any atom is 0.289 e. The van der Waals surface area contributed by atoms with E-state index in [1.807, 2.05) is 6.07 Å². The van der Waals surface area contributed by atoms with Crippen LogP contribution in [0.25, 0.3) is 0 Å². The minimum absolute atomic E-state index is 0.0242. The van der Waals surface area contributed by atoms with Crippen LogP contribution >= 0.6 is 0 Å². The number of carbonyl (C=O) groups is 6. The molecule has 0 spiro atoms. The van der Waals surface area contributed by atoms with Gasteiger partial charge in [0.15, 0.2) is 0 Å². The molecule has 3 aromatic carbocycles. The van der Waals surface area contributed by atoms with Crippen LogP contribution in [-0.4, -0.2) is 86.9 Å². The van der Waals surface area contributed by atoms with E-state index in [0.29, 0.717) is 55.5 Å². The van der Waals surface area contributed by atoms with Gasteiger partial charge in [-0.3, -0.25) is 33.7 Å². The van der Waals surface area contributed by atoms with E-state index in [-0.39, 0.29) is 54.0 Å². The molecule has 5 amide bonds. The van der Waals surface area contributed by atoms with Gasteiger partial charge in [-0.15, -0.1) is 0 Å². The number of rotatable bonds is 27. The molecule has 1 fully saturated rings. The van der Waals surface area contributed by atoms with E-state index in [1.54, 1.807) is 66.7 Å². The van der Waals surface area contributed by atoms with Crippen LogP contribution in [0, 0.1) is 11.8 Å². The van der Waals surface area contributed by atoms with Crippen molar-refractivity contribution in [2.45, 2.75) is 113 Å². The van der Waals surface area contributed by atoms with Gasteiger partial charge in [-0.25, -0.2) is 13.1 Å². The highest BCUT2D eigenvalue weighted by atomic mass is 32.2. The third kappa shape index (κ3) is 13.9. The summed E-state index contributed by atoms with van der Waals surface area (Å²) in [5.74, 6) is -3.16. The first-order valence-corrected chi connectivity index (χ1v) is 23.6. The van der Waals surface area contributed by atoms with Crippen LogP contribution in [0.3, 0.4) is 0 Å². The topological polar surface area (TPSA) is 214 Å². The van der Waals surface area contributed by atoms with Crippen molar-refractivity contribution in [2.24, 2.45) is 17.6 Å². The molecule has 1 saturated carbocycles. The normalized spacial score (nSPS) is 15.5.